The average molecular weight is 290 g/mol. The Morgan fingerprint density at radius 2 is 1.57 bits per heavy atom. The molecule has 0 saturated carbocycles. The molecule has 0 fully saturated rings. The summed E-state index contributed by atoms with van der Waals surface area (Å²) < 4.78 is 0. The highest BCUT2D eigenvalue weighted by atomic mass is 32.2. The number of benzene rings is 3. The third-order valence-electron chi connectivity index (χ3n) is 3.64. The van der Waals surface area contributed by atoms with E-state index in [1.807, 2.05) is 6.07 Å². The van der Waals surface area contributed by atoms with Crippen molar-refractivity contribution in [3.05, 3.63) is 83.9 Å². The lowest BCUT2D eigenvalue weighted by Crippen LogP contribution is -2.05. The molecular formula is C18H14N2S. The van der Waals surface area contributed by atoms with Gasteiger partial charge in [0.25, 0.3) is 0 Å². The highest BCUT2D eigenvalue weighted by Gasteiger charge is 2.22. The fraction of sp³-hybridized carbons (Fsp3) is 0.0556. The Labute approximate surface area is 127 Å². The predicted octanol–water partition coefficient (Wildman–Crippen LogP) is 4.54. The lowest BCUT2D eigenvalue weighted by molar-refractivity contribution is 0.744. The third kappa shape index (κ3) is 2.30. The lowest BCUT2D eigenvalue weighted by Gasteiger charge is -2.09. The van der Waals surface area contributed by atoms with E-state index in [9.17, 15) is 0 Å². The van der Waals surface area contributed by atoms with Gasteiger partial charge >= 0.3 is 0 Å². The van der Waals surface area contributed by atoms with E-state index in [0.29, 0.717) is 0 Å². The van der Waals surface area contributed by atoms with Gasteiger partial charge in [-0.1, -0.05) is 84.6 Å². The number of hydrogen-bond acceptors (Lipinski definition) is 3. The van der Waals surface area contributed by atoms with Crippen LogP contribution in [0.25, 0.3) is 10.8 Å². The molecule has 1 heterocycles. The highest BCUT2D eigenvalue weighted by Crippen LogP contribution is 2.35. The second kappa shape index (κ2) is 5.26. The molecule has 0 aromatic heterocycles. The van der Waals surface area contributed by atoms with Crippen LogP contribution in [-0.2, 0) is 0 Å². The molecule has 0 amide bonds. The molecule has 1 aliphatic heterocycles. The van der Waals surface area contributed by atoms with E-state index in [2.05, 4.69) is 77.3 Å². The van der Waals surface area contributed by atoms with Gasteiger partial charge in [-0.25, -0.2) is 0 Å². The molecule has 1 aliphatic rings. The summed E-state index contributed by atoms with van der Waals surface area (Å²) in [5.74, 6) is 0. The molecule has 21 heavy (non-hydrogen) atoms. The number of hydrogen-bond donors (Lipinski definition) is 1. The Hall–Kier alpha value is -2.26. The predicted molar refractivity (Wildman–Crippen MR) is 90.4 cm³/mol. The minimum atomic E-state index is 0.195. The topological polar surface area (TPSA) is 24.4 Å². The van der Waals surface area contributed by atoms with Gasteiger partial charge in [0.05, 0.1) is 0 Å². The van der Waals surface area contributed by atoms with Crippen LogP contribution in [0.15, 0.2) is 77.9 Å². The molecule has 2 nitrogen and oxygen atoms in total. The van der Waals surface area contributed by atoms with Gasteiger partial charge in [0, 0.05) is 5.56 Å². The third-order valence-corrected chi connectivity index (χ3v) is 4.78. The van der Waals surface area contributed by atoms with Crippen molar-refractivity contribution in [2.45, 2.75) is 5.37 Å². The summed E-state index contributed by atoms with van der Waals surface area (Å²) in [4.78, 5) is 0. The van der Waals surface area contributed by atoms with Crippen LogP contribution in [0.3, 0.4) is 0 Å². The summed E-state index contributed by atoms with van der Waals surface area (Å²) in [7, 11) is 0. The van der Waals surface area contributed by atoms with Gasteiger partial charge in [-0.05, 0) is 16.3 Å². The van der Waals surface area contributed by atoms with Crippen molar-refractivity contribution < 1.29 is 0 Å². The normalized spacial score (nSPS) is 17.5. The van der Waals surface area contributed by atoms with Crippen LogP contribution >= 0.6 is 11.8 Å². The first kappa shape index (κ1) is 12.5. The fourth-order valence-electron chi connectivity index (χ4n) is 2.59. The molecule has 1 atom stereocenters. The van der Waals surface area contributed by atoms with Crippen LogP contribution < -0.4 is 5.43 Å². The van der Waals surface area contributed by atoms with E-state index in [4.69, 9.17) is 0 Å². The molecule has 0 aliphatic carbocycles. The molecule has 0 saturated heterocycles. The van der Waals surface area contributed by atoms with Crippen LogP contribution in [0, 0.1) is 0 Å². The van der Waals surface area contributed by atoms with Crippen LogP contribution in [0.4, 0.5) is 0 Å². The number of rotatable bonds is 2. The summed E-state index contributed by atoms with van der Waals surface area (Å²) in [6, 6.07) is 25.2. The van der Waals surface area contributed by atoms with Crippen molar-refractivity contribution in [2.24, 2.45) is 5.10 Å². The Bertz CT molecular complexity index is 806. The van der Waals surface area contributed by atoms with Gasteiger partial charge in [-0.2, -0.15) is 5.10 Å². The van der Waals surface area contributed by atoms with Crippen molar-refractivity contribution >= 4 is 27.6 Å². The Morgan fingerprint density at radius 3 is 2.48 bits per heavy atom. The van der Waals surface area contributed by atoms with E-state index < -0.39 is 0 Å². The molecule has 0 unspecified atom stereocenters. The van der Waals surface area contributed by atoms with Gasteiger partial charge in [-0.15, -0.1) is 0 Å². The summed E-state index contributed by atoms with van der Waals surface area (Å²) in [6.07, 6.45) is 0. The van der Waals surface area contributed by atoms with E-state index >= 15 is 0 Å². The average Bonchev–Trinajstić information content (AvgIpc) is 3.05. The molecule has 3 aromatic rings. The first-order valence-electron chi connectivity index (χ1n) is 6.95. The van der Waals surface area contributed by atoms with Crippen molar-refractivity contribution in [1.29, 1.82) is 0 Å². The second-order valence-corrected chi connectivity index (χ2v) is 6.08. The molecule has 0 spiro atoms. The number of nitrogens with one attached hydrogen (secondary N) is 1. The highest BCUT2D eigenvalue weighted by molar-refractivity contribution is 8.14. The molecule has 0 bridgehead atoms. The summed E-state index contributed by atoms with van der Waals surface area (Å²) >= 11 is 1.77. The molecular weight excluding hydrogens is 276 g/mol. The van der Waals surface area contributed by atoms with Gasteiger partial charge < -0.3 is 0 Å². The van der Waals surface area contributed by atoms with Crippen LogP contribution in [0.2, 0.25) is 0 Å². The smallest absolute Gasteiger partial charge is 0.126 e. The fourth-order valence-corrected chi connectivity index (χ4v) is 3.62. The van der Waals surface area contributed by atoms with E-state index in [0.717, 1.165) is 5.04 Å². The molecule has 102 valence electrons. The monoisotopic (exact) mass is 290 g/mol. The Balaban J connectivity index is 1.69. The number of thioether (sulfide) groups is 1. The largest absolute Gasteiger partial charge is 0.291 e. The lowest BCUT2D eigenvalue weighted by atomic mass is 10.1. The summed E-state index contributed by atoms with van der Waals surface area (Å²) in [6.45, 7) is 0. The SMILES string of the molecule is c1ccc([C@@H]2NN=C(c3cccc4ccccc34)S2)cc1. The van der Waals surface area contributed by atoms with Gasteiger partial charge in [0.15, 0.2) is 0 Å². The zero-order valence-electron chi connectivity index (χ0n) is 11.4. The maximum atomic E-state index is 4.54. The number of hydrazone groups is 1. The number of fused-ring (bicyclic) bond motifs is 1. The second-order valence-electron chi connectivity index (χ2n) is 4.98. The van der Waals surface area contributed by atoms with Gasteiger partial charge in [-0.3, -0.25) is 5.43 Å². The van der Waals surface area contributed by atoms with E-state index in [1.54, 1.807) is 11.8 Å². The maximum absolute atomic E-state index is 4.54. The van der Waals surface area contributed by atoms with Crippen molar-refractivity contribution in [3.8, 4) is 0 Å². The van der Waals surface area contributed by atoms with Gasteiger partial charge in [0.2, 0.25) is 0 Å². The standard InChI is InChI=1S/C18H14N2S/c1-2-8-14(9-3-1)17-19-20-18(21-17)16-12-6-10-13-7-4-5-11-15(13)16/h1-12,17,19H/t17-/m1/s1. The van der Waals surface area contributed by atoms with Crippen LogP contribution in [0.5, 0.6) is 0 Å². The molecule has 3 heteroatoms. The quantitative estimate of drug-likeness (QED) is 0.749. The van der Waals surface area contributed by atoms with E-state index in [1.165, 1.54) is 21.9 Å². The summed E-state index contributed by atoms with van der Waals surface area (Å²) in [5, 5.41) is 8.30. The molecule has 4 rings (SSSR count). The summed E-state index contributed by atoms with van der Waals surface area (Å²) in [5.41, 5.74) is 5.69. The Morgan fingerprint density at radius 1 is 0.810 bits per heavy atom. The molecule has 0 radical (unpaired) electrons. The van der Waals surface area contributed by atoms with Crippen molar-refractivity contribution in [2.75, 3.05) is 0 Å². The number of nitrogens with zero attached hydrogens (tertiary/aromatic N) is 1. The zero-order chi connectivity index (χ0) is 14.1. The van der Waals surface area contributed by atoms with E-state index in [-0.39, 0.29) is 5.37 Å². The minimum Gasteiger partial charge on any atom is -0.291 e. The van der Waals surface area contributed by atoms with Crippen LogP contribution in [0.1, 0.15) is 16.5 Å². The molecule has 3 aromatic carbocycles. The van der Waals surface area contributed by atoms with Crippen molar-refractivity contribution in [1.82, 2.24) is 5.43 Å². The maximum Gasteiger partial charge on any atom is 0.126 e. The minimum absolute atomic E-state index is 0.195. The van der Waals surface area contributed by atoms with Crippen molar-refractivity contribution in [3.63, 3.8) is 0 Å². The zero-order valence-corrected chi connectivity index (χ0v) is 12.2. The van der Waals surface area contributed by atoms with Crippen LogP contribution in [-0.4, -0.2) is 5.04 Å². The molecule has 1 N–H and O–H groups in total. The Kier molecular flexibility index (Phi) is 3.13. The van der Waals surface area contributed by atoms with Gasteiger partial charge in [0.1, 0.15) is 10.4 Å². The first-order valence-corrected chi connectivity index (χ1v) is 7.83. The first-order chi connectivity index (χ1) is 10.4.